The average Bonchev–Trinajstić information content (AvgIpc) is 3.40. The van der Waals surface area contributed by atoms with Crippen LogP contribution in [0.4, 0.5) is 16.0 Å². The Hall–Kier alpha value is -4.32. The zero-order valence-electron chi connectivity index (χ0n) is 19.5. The highest BCUT2D eigenvalue weighted by Crippen LogP contribution is 2.33. The Labute approximate surface area is 204 Å². The molecular weight excluding hydrogens is 465 g/mol. The van der Waals surface area contributed by atoms with E-state index < -0.39 is 5.82 Å². The maximum atomic E-state index is 14.1. The van der Waals surface area contributed by atoms with Gasteiger partial charge in [-0.2, -0.15) is 10.2 Å². The number of nitrogens with zero attached hydrogens (tertiary/aromatic N) is 8. The summed E-state index contributed by atoms with van der Waals surface area (Å²) in [6.45, 7) is 3.58. The van der Waals surface area contributed by atoms with E-state index in [2.05, 4.69) is 20.0 Å². The van der Waals surface area contributed by atoms with Gasteiger partial charge in [0, 0.05) is 30.9 Å². The van der Waals surface area contributed by atoms with Crippen molar-refractivity contribution in [1.82, 2.24) is 34.3 Å². The number of hydrogen-bond donors (Lipinski definition) is 3. The molecule has 0 saturated carbocycles. The van der Waals surface area contributed by atoms with Crippen molar-refractivity contribution in [3.8, 4) is 17.0 Å². The number of piperidine rings is 1. The first-order valence-electron chi connectivity index (χ1n) is 11.6. The predicted octanol–water partition coefficient (Wildman–Crippen LogP) is 2.28. The molecule has 0 amide bonds. The number of rotatable bonds is 4. The van der Waals surface area contributed by atoms with Gasteiger partial charge in [-0.05, 0) is 43.5 Å². The maximum absolute atomic E-state index is 14.1. The summed E-state index contributed by atoms with van der Waals surface area (Å²) in [7, 11) is 0. The van der Waals surface area contributed by atoms with Crippen molar-refractivity contribution in [2.24, 2.45) is 0 Å². The minimum absolute atomic E-state index is 0.172. The number of benzene rings is 1. The van der Waals surface area contributed by atoms with Crippen molar-refractivity contribution in [2.45, 2.75) is 32.4 Å². The fourth-order valence-corrected chi connectivity index (χ4v) is 4.75. The molecule has 0 radical (unpaired) electrons. The number of nitrogens with two attached hydrogens (primary N) is 1. The molecule has 0 unspecified atom stereocenters. The Bertz CT molecular complexity index is 1580. The van der Waals surface area contributed by atoms with Gasteiger partial charge >= 0.3 is 0 Å². The van der Waals surface area contributed by atoms with E-state index in [1.54, 1.807) is 9.20 Å². The normalized spacial score (nSPS) is 14.8. The van der Waals surface area contributed by atoms with Gasteiger partial charge in [0.15, 0.2) is 17.3 Å². The third-order valence-corrected chi connectivity index (χ3v) is 6.51. The molecule has 4 aromatic heterocycles. The molecule has 36 heavy (non-hydrogen) atoms. The number of phenols is 1. The van der Waals surface area contributed by atoms with Gasteiger partial charge in [-0.25, -0.2) is 28.5 Å². The fraction of sp³-hybridized carbons (Fsp3) is 0.292. The van der Waals surface area contributed by atoms with Gasteiger partial charge in [0.2, 0.25) is 0 Å². The number of aromatic nitrogens is 7. The van der Waals surface area contributed by atoms with Crippen molar-refractivity contribution in [2.75, 3.05) is 23.7 Å². The van der Waals surface area contributed by atoms with Gasteiger partial charge in [0.05, 0.1) is 11.5 Å². The minimum atomic E-state index is -0.601. The summed E-state index contributed by atoms with van der Waals surface area (Å²) >= 11 is 0. The fourth-order valence-electron chi connectivity index (χ4n) is 4.75. The van der Waals surface area contributed by atoms with E-state index in [0.717, 1.165) is 23.0 Å². The number of fused-ring (bicyclic) bond motifs is 2. The monoisotopic (exact) mass is 489 g/mol. The van der Waals surface area contributed by atoms with Gasteiger partial charge in [-0.1, -0.05) is 0 Å². The van der Waals surface area contributed by atoms with Crippen LogP contribution in [0.3, 0.4) is 0 Å². The van der Waals surface area contributed by atoms with Crippen LogP contribution in [0.15, 0.2) is 36.8 Å². The van der Waals surface area contributed by atoms with Crippen molar-refractivity contribution < 1.29 is 14.6 Å². The first kappa shape index (κ1) is 22.2. The van der Waals surface area contributed by atoms with Gasteiger partial charge in [0.1, 0.15) is 41.5 Å². The molecule has 1 saturated heterocycles. The number of nitrogen functional groups attached to an aromatic ring is 1. The third kappa shape index (κ3) is 3.75. The summed E-state index contributed by atoms with van der Waals surface area (Å²) in [4.78, 5) is 15.5. The van der Waals surface area contributed by atoms with Crippen LogP contribution in [0.5, 0.6) is 5.75 Å². The highest BCUT2D eigenvalue weighted by atomic mass is 19.1. The van der Waals surface area contributed by atoms with Crippen LogP contribution in [-0.2, 0) is 6.54 Å². The number of halogens is 1. The smallest absolute Gasteiger partial charge is 0.173 e. The summed E-state index contributed by atoms with van der Waals surface area (Å²) in [5.41, 5.74) is 9.28. The van der Waals surface area contributed by atoms with Crippen LogP contribution in [0.25, 0.3) is 27.8 Å². The quantitative estimate of drug-likeness (QED) is 0.346. The van der Waals surface area contributed by atoms with Crippen molar-refractivity contribution in [3.05, 3.63) is 54.0 Å². The predicted molar refractivity (Wildman–Crippen MR) is 131 cm³/mol. The Morgan fingerprint density at radius 2 is 1.94 bits per heavy atom. The molecule has 1 aliphatic heterocycles. The summed E-state index contributed by atoms with van der Waals surface area (Å²) in [5, 5.41) is 29.7. The average molecular weight is 490 g/mol. The second kappa shape index (κ2) is 8.41. The molecule has 184 valence electrons. The zero-order chi connectivity index (χ0) is 25.0. The summed E-state index contributed by atoms with van der Waals surface area (Å²) in [6, 6.07) is 5.69. The second-order valence-corrected chi connectivity index (χ2v) is 9.02. The SMILES string of the molecule is Cc1ccn2nc(Cn3nc(-c4cc(O)cc(F)c4)c4c(N)ncnc43)nc(N3CCC(O)CC3)c12. The van der Waals surface area contributed by atoms with Crippen LogP contribution in [0, 0.1) is 12.7 Å². The highest BCUT2D eigenvalue weighted by molar-refractivity contribution is 5.98. The lowest BCUT2D eigenvalue weighted by atomic mass is 10.1. The first-order chi connectivity index (χ1) is 17.4. The van der Waals surface area contributed by atoms with Crippen molar-refractivity contribution in [3.63, 3.8) is 0 Å². The number of anilines is 2. The molecule has 6 rings (SSSR count). The molecule has 5 aromatic rings. The first-order valence-corrected chi connectivity index (χ1v) is 11.6. The third-order valence-electron chi connectivity index (χ3n) is 6.51. The van der Waals surface area contributed by atoms with E-state index in [-0.39, 0.29) is 24.2 Å². The van der Waals surface area contributed by atoms with Crippen LogP contribution < -0.4 is 10.6 Å². The van der Waals surface area contributed by atoms with E-state index >= 15 is 0 Å². The van der Waals surface area contributed by atoms with Crippen LogP contribution in [-0.4, -0.2) is 63.8 Å². The number of hydrogen-bond acceptors (Lipinski definition) is 9. The van der Waals surface area contributed by atoms with E-state index in [1.165, 1.54) is 18.5 Å². The molecule has 1 aromatic carbocycles. The largest absolute Gasteiger partial charge is 0.508 e. The van der Waals surface area contributed by atoms with Gasteiger partial charge < -0.3 is 20.8 Å². The molecule has 4 N–H and O–H groups in total. The maximum Gasteiger partial charge on any atom is 0.173 e. The summed E-state index contributed by atoms with van der Waals surface area (Å²) < 4.78 is 17.5. The number of aliphatic hydroxyl groups is 1. The van der Waals surface area contributed by atoms with E-state index in [1.807, 2.05) is 19.2 Å². The lowest BCUT2D eigenvalue weighted by Crippen LogP contribution is -2.37. The Morgan fingerprint density at radius 1 is 1.14 bits per heavy atom. The Balaban J connectivity index is 1.47. The van der Waals surface area contributed by atoms with Crippen LogP contribution in [0.1, 0.15) is 24.2 Å². The minimum Gasteiger partial charge on any atom is -0.508 e. The molecule has 1 aliphatic rings. The van der Waals surface area contributed by atoms with Crippen LogP contribution in [0.2, 0.25) is 0 Å². The molecule has 0 aliphatic carbocycles. The van der Waals surface area contributed by atoms with Gasteiger partial charge in [0.25, 0.3) is 0 Å². The van der Waals surface area contributed by atoms with Gasteiger partial charge in [-0.3, -0.25) is 0 Å². The molecule has 12 heteroatoms. The molecular formula is C24H24FN9O2. The zero-order valence-corrected chi connectivity index (χ0v) is 19.5. The summed E-state index contributed by atoms with van der Waals surface area (Å²) in [6.07, 6.45) is 4.28. The molecule has 5 heterocycles. The van der Waals surface area contributed by atoms with Crippen molar-refractivity contribution in [1.29, 1.82) is 0 Å². The topological polar surface area (TPSA) is 144 Å². The molecule has 0 atom stereocenters. The number of aryl methyl sites for hydroxylation is 1. The number of aliphatic hydroxyl groups excluding tert-OH is 1. The van der Waals surface area contributed by atoms with E-state index in [0.29, 0.717) is 54.0 Å². The second-order valence-electron chi connectivity index (χ2n) is 9.02. The highest BCUT2D eigenvalue weighted by Gasteiger charge is 2.24. The molecule has 11 nitrogen and oxygen atoms in total. The Morgan fingerprint density at radius 3 is 2.72 bits per heavy atom. The summed E-state index contributed by atoms with van der Waals surface area (Å²) in [5.74, 6) is 0.659. The lowest BCUT2D eigenvalue weighted by Gasteiger charge is -2.31. The number of aromatic hydroxyl groups is 1. The Kier molecular flexibility index (Phi) is 5.18. The standard InChI is InChI=1S/C24H24FN9O2/c1-13-2-7-33-21(13)24(32-5-3-16(35)4-6-32)29-18(30-33)11-34-23-19(22(26)27-12-28-23)20(31-34)14-8-15(25)10-17(36)9-14/h2,7-10,12,16,35-36H,3-6,11H2,1H3,(H2,26,27,28). The lowest BCUT2D eigenvalue weighted by molar-refractivity contribution is 0.145. The molecule has 0 spiro atoms. The van der Waals surface area contributed by atoms with Crippen LogP contribution >= 0.6 is 0 Å². The molecule has 0 bridgehead atoms. The van der Waals surface area contributed by atoms with E-state index in [4.69, 9.17) is 15.8 Å². The number of phenolic OH excluding ortho intramolecular Hbond substituents is 1. The van der Waals surface area contributed by atoms with Gasteiger partial charge in [-0.15, -0.1) is 0 Å². The molecule has 1 fully saturated rings. The van der Waals surface area contributed by atoms with Crippen molar-refractivity contribution >= 4 is 28.2 Å². The van der Waals surface area contributed by atoms with E-state index in [9.17, 15) is 14.6 Å².